The van der Waals surface area contributed by atoms with Gasteiger partial charge in [-0.05, 0) is 59.0 Å². The van der Waals surface area contributed by atoms with Crippen LogP contribution in [0, 0.1) is 0 Å². The molecule has 2 heteroatoms. The second-order valence-electron chi connectivity index (χ2n) is 5.85. The summed E-state index contributed by atoms with van der Waals surface area (Å²) in [4.78, 5) is 0. The van der Waals surface area contributed by atoms with Gasteiger partial charge >= 0.3 is 0 Å². The number of phenols is 1. The van der Waals surface area contributed by atoms with Crippen LogP contribution >= 0.6 is 0 Å². The van der Waals surface area contributed by atoms with Crippen LogP contribution in [0.5, 0.6) is 11.5 Å². The summed E-state index contributed by atoms with van der Waals surface area (Å²) in [7, 11) is 0. The molecule has 0 heterocycles. The molecule has 3 aromatic carbocycles. The lowest BCUT2D eigenvalue weighted by Gasteiger charge is -2.08. The molecule has 0 aliphatic carbocycles. The van der Waals surface area contributed by atoms with Crippen molar-refractivity contribution in [2.24, 2.45) is 0 Å². The smallest absolute Gasteiger partial charge is 0.119 e. The number of hydrogen-bond donors (Lipinski definition) is 1. The van der Waals surface area contributed by atoms with Gasteiger partial charge in [-0.15, -0.1) is 0 Å². The van der Waals surface area contributed by atoms with Crippen molar-refractivity contribution in [3.05, 3.63) is 72.8 Å². The van der Waals surface area contributed by atoms with Gasteiger partial charge in [-0.2, -0.15) is 0 Å². The van der Waals surface area contributed by atoms with E-state index in [0.29, 0.717) is 0 Å². The van der Waals surface area contributed by atoms with Crippen LogP contribution in [0.4, 0.5) is 0 Å². The molecule has 24 heavy (non-hydrogen) atoms. The van der Waals surface area contributed by atoms with Gasteiger partial charge in [0.1, 0.15) is 11.5 Å². The van der Waals surface area contributed by atoms with E-state index in [9.17, 15) is 5.11 Å². The molecule has 0 amide bonds. The maximum Gasteiger partial charge on any atom is 0.119 e. The molecule has 0 spiro atoms. The summed E-state index contributed by atoms with van der Waals surface area (Å²) < 4.78 is 5.72. The molecule has 0 radical (unpaired) electrons. The molecular weight excluding hydrogens is 296 g/mol. The van der Waals surface area contributed by atoms with Gasteiger partial charge in [0.05, 0.1) is 6.61 Å². The molecule has 1 N–H and O–H groups in total. The average Bonchev–Trinajstić information content (AvgIpc) is 2.63. The number of aromatic hydroxyl groups is 1. The van der Waals surface area contributed by atoms with E-state index >= 15 is 0 Å². The summed E-state index contributed by atoms with van der Waals surface area (Å²) in [5.74, 6) is 1.20. The van der Waals surface area contributed by atoms with Crippen LogP contribution in [0.2, 0.25) is 0 Å². The fourth-order valence-corrected chi connectivity index (χ4v) is 2.61. The first-order valence-electron chi connectivity index (χ1n) is 8.39. The number of phenolic OH excluding ortho intramolecular Hbond substituents is 1. The average molecular weight is 318 g/mol. The van der Waals surface area contributed by atoms with Crippen molar-refractivity contribution in [1.29, 1.82) is 0 Å². The molecule has 122 valence electrons. The van der Waals surface area contributed by atoms with E-state index < -0.39 is 0 Å². The molecular formula is C22H22O2. The topological polar surface area (TPSA) is 29.5 Å². The fraction of sp³-hybridized carbons (Fsp3) is 0.182. The summed E-state index contributed by atoms with van der Waals surface area (Å²) in [6.07, 6.45) is 2.22. The summed E-state index contributed by atoms with van der Waals surface area (Å²) in [6, 6.07) is 23.9. The predicted molar refractivity (Wildman–Crippen MR) is 99.4 cm³/mol. The van der Waals surface area contributed by atoms with Gasteiger partial charge in [0.2, 0.25) is 0 Å². The first kappa shape index (κ1) is 16.1. The Bertz CT molecular complexity index is 774. The van der Waals surface area contributed by atoms with Crippen molar-refractivity contribution in [3.8, 4) is 33.8 Å². The summed E-state index contributed by atoms with van der Waals surface area (Å²) in [5.41, 5.74) is 4.56. The maximum absolute atomic E-state index is 9.43. The van der Waals surface area contributed by atoms with Gasteiger partial charge in [-0.25, -0.2) is 0 Å². The highest BCUT2D eigenvalue weighted by molar-refractivity contribution is 5.73. The highest BCUT2D eigenvalue weighted by Gasteiger charge is 2.03. The highest BCUT2D eigenvalue weighted by atomic mass is 16.5. The summed E-state index contributed by atoms with van der Waals surface area (Å²) in [5, 5.41) is 9.43. The van der Waals surface area contributed by atoms with Crippen LogP contribution in [-0.4, -0.2) is 11.7 Å². The van der Waals surface area contributed by atoms with Crippen LogP contribution < -0.4 is 4.74 Å². The molecule has 0 atom stereocenters. The number of hydrogen-bond acceptors (Lipinski definition) is 2. The Labute approximate surface area is 143 Å². The number of benzene rings is 3. The van der Waals surface area contributed by atoms with E-state index in [0.717, 1.165) is 36.3 Å². The molecule has 3 rings (SSSR count). The first-order chi connectivity index (χ1) is 11.8. The predicted octanol–water partition coefficient (Wildman–Crippen LogP) is 5.91. The van der Waals surface area contributed by atoms with E-state index in [-0.39, 0.29) is 5.75 Å². The number of unbranched alkanes of at least 4 members (excludes halogenated alkanes) is 1. The standard InChI is InChI=1S/C22H22O2/c1-2-3-15-24-22-13-9-18(10-14-22)20-6-4-5-19(16-20)17-7-11-21(23)12-8-17/h4-14,16,23H,2-3,15H2,1H3. The molecule has 0 saturated carbocycles. The number of ether oxygens (including phenoxy) is 1. The van der Waals surface area contributed by atoms with Crippen LogP contribution in [0.3, 0.4) is 0 Å². The zero-order valence-corrected chi connectivity index (χ0v) is 13.9. The molecule has 0 aliphatic rings. The Morgan fingerprint density at radius 3 is 1.92 bits per heavy atom. The molecule has 0 aromatic heterocycles. The zero-order valence-electron chi connectivity index (χ0n) is 13.9. The second kappa shape index (κ2) is 7.69. The van der Waals surface area contributed by atoms with Crippen LogP contribution in [-0.2, 0) is 0 Å². The van der Waals surface area contributed by atoms with E-state index in [4.69, 9.17) is 4.74 Å². The monoisotopic (exact) mass is 318 g/mol. The third kappa shape index (κ3) is 3.96. The molecule has 0 fully saturated rings. The van der Waals surface area contributed by atoms with Crippen LogP contribution in [0.1, 0.15) is 19.8 Å². The first-order valence-corrected chi connectivity index (χ1v) is 8.39. The second-order valence-corrected chi connectivity index (χ2v) is 5.85. The fourth-order valence-electron chi connectivity index (χ4n) is 2.61. The molecule has 0 aliphatic heterocycles. The quantitative estimate of drug-likeness (QED) is 0.573. The summed E-state index contributed by atoms with van der Waals surface area (Å²) >= 11 is 0. The van der Waals surface area contributed by atoms with E-state index in [1.807, 2.05) is 24.3 Å². The molecule has 0 bridgehead atoms. The van der Waals surface area contributed by atoms with Gasteiger partial charge in [-0.3, -0.25) is 0 Å². The Balaban J connectivity index is 1.79. The summed E-state index contributed by atoms with van der Waals surface area (Å²) in [6.45, 7) is 2.93. The van der Waals surface area contributed by atoms with E-state index in [2.05, 4.69) is 43.3 Å². The molecule has 3 aromatic rings. The highest BCUT2D eigenvalue weighted by Crippen LogP contribution is 2.28. The van der Waals surface area contributed by atoms with Gasteiger partial charge in [-0.1, -0.05) is 55.8 Å². The lowest BCUT2D eigenvalue weighted by atomic mass is 9.99. The van der Waals surface area contributed by atoms with E-state index in [1.54, 1.807) is 12.1 Å². The molecule has 0 saturated heterocycles. The van der Waals surface area contributed by atoms with Crippen molar-refractivity contribution in [1.82, 2.24) is 0 Å². The van der Waals surface area contributed by atoms with Crippen molar-refractivity contribution >= 4 is 0 Å². The molecule has 2 nitrogen and oxygen atoms in total. The minimum Gasteiger partial charge on any atom is -0.508 e. The van der Waals surface area contributed by atoms with Crippen molar-refractivity contribution in [2.45, 2.75) is 19.8 Å². The SMILES string of the molecule is CCCCOc1ccc(-c2cccc(-c3ccc(O)cc3)c2)cc1. The van der Waals surface area contributed by atoms with Crippen molar-refractivity contribution < 1.29 is 9.84 Å². The Morgan fingerprint density at radius 1 is 0.750 bits per heavy atom. The van der Waals surface area contributed by atoms with Crippen LogP contribution in [0.25, 0.3) is 22.3 Å². The lowest BCUT2D eigenvalue weighted by Crippen LogP contribution is -1.95. The maximum atomic E-state index is 9.43. The third-order valence-corrected chi connectivity index (χ3v) is 4.02. The van der Waals surface area contributed by atoms with Crippen molar-refractivity contribution in [3.63, 3.8) is 0 Å². The Kier molecular flexibility index (Phi) is 5.17. The van der Waals surface area contributed by atoms with Gasteiger partial charge in [0.25, 0.3) is 0 Å². The lowest BCUT2D eigenvalue weighted by molar-refractivity contribution is 0.309. The normalized spacial score (nSPS) is 10.5. The Morgan fingerprint density at radius 2 is 1.33 bits per heavy atom. The van der Waals surface area contributed by atoms with Crippen molar-refractivity contribution in [2.75, 3.05) is 6.61 Å². The zero-order chi connectivity index (χ0) is 16.8. The van der Waals surface area contributed by atoms with Gasteiger partial charge in [0.15, 0.2) is 0 Å². The minimum atomic E-state index is 0.286. The van der Waals surface area contributed by atoms with Gasteiger partial charge in [0, 0.05) is 0 Å². The number of rotatable bonds is 6. The van der Waals surface area contributed by atoms with E-state index in [1.165, 1.54) is 11.1 Å². The third-order valence-electron chi connectivity index (χ3n) is 4.02. The minimum absolute atomic E-state index is 0.286. The largest absolute Gasteiger partial charge is 0.508 e. The molecule has 0 unspecified atom stereocenters. The van der Waals surface area contributed by atoms with Gasteiger partial charge < -0.3 is 9.84 Å². The Hall–Kier alpha value is -2.74. The van der Waals surface area contributed by atoms with Crippen LogP contribution in [0.15, 0.2) is 72.8 Å².